The Morgan fingerprint density at radius 3 is 1.25 bits per heavy atom. The third-order valence-electron chi connectivity index (χ3n) is 13.6. The summed E-state index contributed by atoms with van der Waals surface area (Å²) < 4.78 is 10.9. The standard InChI is InChI=1S/C53H103NO10/c1-3-5-7-9-11-13-15-17-18-19-20-21-22-23-24-25-26-27-29-31-33-35-37-39-48(56)54-44(40-41-46-51(60)53(62)52(61)47(64-46)42-63-43-49(57)58)50(59)45(55)38-36-34-32-30-28-16-14-12-10-8-6-4-2/h44-47,50-53,55,59-62H,3-43H2,1-2H3,(H,54,56)(H,57,58)/t44?,45?,46-,47?,50?,51?,52-,53?/m0/s1. The van der Waals surface area contributed by atoms with Gasteiger partial charge in [-0.3, -0.25) is 4.79 Å². The number of hydrogen-bond acceptors (Lipinski definition) is 9. The number of ether oxygens (including phenoxy) is 2. The van der Waals surface area contributed by atoms with Gasteiger partial charge in [0.15, 0.2) is 0 Å². The van der Waals surface area contributed by atoms with Crippen molar-refractivity contribution in [3.8, 4) is 0 Å². The Kier molecular flexibility index (Phi) is 40.7. The lowest BCUT2D eigenvalue weighted by molar-refractivity contribution is -0.234. The van der Waals surface area contributed by atoms with Crippen molar-refractivity contribution in [1.82, 2.24) is 5.32 Å². The number of carboxylic acid groups (broad SMARTS) is 1. The number of aliphatic hydroxyl groups is 5. The minimum absolute atomic E-state index is 0.104. The number of nitrogens with one attached hydrogen (secondary N) is 1. The summed E-state index contributed by atoms with van der Waals surface area (Å²) in [4.78, 5) is 24.1. The molecule has 0 aliphatic carbocycles. The maximum atomic E-state index is 13.2. The molecule has 1 fully saturated rings. The molecule has 1 saturated heterocycles. The first-order chi connectivity index (χ1) is 31.1. The van der Waals surface area contributed by atoms with Crippen LogP contribution >= 0.6 is 0 Å². The molecule has 0 saturated carbocycles. The summed E-state index contributed by atoms with van der Waals surface area (Å²) in [7, 11) is 0. The van der Waals surface area contributed by atoms with Crippen LogP contribution in [0.25, 0.3) is 0 Å². The number of aliphatic hydroxyl groups excluding tert-OH is 5. The predicted octanol–water partition coefficient (Wildman–Crippen LogP) is 11.4. The van der Waals surface area contributed by atoms with Gasteiger partial charge in [0, 0.05) is 6.42 Å². The lowest BCUT2D eigenvalue weighted by Crippen LogP contribution is -2.59. The lowest BCUT2D eigenvalue weighted by atomic mass is 9.90. The largest absolute Gasteiger partial charge is 0.480 e. The van der Waals surface area contributed by atoms with Crippen molar-refractivity contribution in [3.05, 3.63) is 0 Å². The smallest absolute Gasteiger partial charge is 0.329 e. The van der Waals surface area contributed by atoms with E-state index < -0.39 is 61.3 Å². The third-order valence-corrected chi connectivity index (χ3v) is 13.6. The molecule has 0 aromatic heterocycles. The van der Waals surface area contributed by atoms with Gasteiger partial charge in [-0.15, -0.1) is 0 Å². The normalized spacial score (nSPS) is 20.3. The lowest BCUT2D eigenvalue weighted by Gasteiger charge is -2.41. The number of carbonyl (C=O) groups excluding carboxylic acids is 1. The Morgan fingerprint density at radius 1 is 0.500 bits per heavy atom. The van der Waals surface area contributed by atoms with Crippen molar-refractivity contribution < 1.29 is 49.7 Å². The van der Waals surface area contributed by atoms with Crippen LogP contribution in [0.3, 0.4) is 0 Å². The van der Waals surface area contributed by atoms with Crippen molar-refractivity contribution in [2.24, 2.45) is 0 Å². The molecule has 0 aromatic carbocycles. The van der Waals surface area contributed by atoms with Crippen LogP contribution in [-0.4, -0.2) is 104 Å². The Hall–Kier alpha value is -1.34. The van der Waals surface area contributed by atoms with Gasteiger partial charge in [0.05, 0.1) is 31.0 Å². The van der Waals surface area contributed by atoms with Crippen LogP contribution < -0.4 is 5.32 Å². The van der Waals surface area contributed by atoms with Crippen LogP contribution in [0.2, 0.25) is 0 Å². The fourth-order valence-corrected chi connectivity index (χ4v) is 9.32. The van der Waals surface area contributed by atoms with E-state index >= 15 is 0 Å². The monoisotopic (exact) mass is 914 g/mol. The molecule has 0 spiro atoms. The number of amides is 1. The molecule has 11 heteroatoms. The predicted molar refractivity (Wildman–Crippen MR) is 260 cm³/mol. The molecule has 1 rings (SSSR count). The van der Waals surface area contributed by atoms with Crippen molar-refractivity contribution in [1.29, 1.82) is 0 Å². The summed E-state index contributed by atoms with van der Waals surface area (Å²) in [6.07, 6.45) is 36.6. The van der Waals surface area contributed by atoms with Gasteiger partial charge < -0.3 is 45.4 Å². The average Bonchev–Trinajstić information content (AvgIpc) is 3.28. The zero-order chi connectivity index (χ0) is 46.9. The first-order valence-electron chi connectivity index (χ1n) is 27.3. The van der Waals surface area contributed by atoms with Gasteiger partial charge in [0.2, 0.25) is 5.91 Å². The summed E-state index contributed by atoms with van der Waals surface area (Å²) in [5.41, 5.74) is 0. The molecule has 0 bridgehead atoms. The highest BCUT2D eigenvalue weighted by atomic mass is 16.6. The Morgan fingerprint density at radius 2 is 0.859 bits per heavy atom. The van der Waals surface area contributed by atoms with Gasteiger partial charge >= 0.3 is 5.97 Å². The van der Waals surface area contributed by atoms with Crippen molar-refractivity contribution >= 4 is 11.9 Å². The molecular weight excluding hydrogens is 811 g/mol. The summed E-state index contributed by atoms with van der Waals surface area (Å²) in [6.45, 7) is 3.62. The van der Waals surface area contributed by atoms with E-state index in [1.165, 1.54) is 186 Å². The van der Waals surface area contributed by atoms with E-state index in [1.807, 2.05) is 0 Å². The highest BCUT2D eigenvalue weighted by Crippen LogP contribution is 2.26. The van der Waals surface area contributed by atoms with E-state index in [0.717, 1.165) is 38.5 Å². The highest BCUT2D eigenvalue weighted by molar-refractivity contribution is 5.76. The van der Waals surface area contributed by atoms with E-state index in [-0.39, 0.29) is 25.4 Å². The van der Waals surface area contributed by atoms with E-state index in [0.29, 0.717) is 12.8 Å². The second kappa shape index (κ2) is 43.0. The number of aliphatic carboxylic acids is 1. The minimum Gasteiger partial charge on any atom is -0.480 e. The minimum atomic E-state index is -1.55. The molecule has 0 aromatic rings. The molecule has 8 atom stereocenters. The third kappa shape index (κ3) is 33.2. The van der Waals surface area contributed by atoms with Gasteiger partial charge in [-0.2, -0.15) is 0 Å². The number of rotatable bonds is 47. The summed E-state index contributed by atoms with van der Waals surface area (Å²) >= 11 is 0. The van der Waals surface area contributed by atoms with Gasteiger partial charge in [0.1, 0.15) is 31.0 Å². The molecule has 0 radical (unpaired) electrons. The summed E-state index contributed by atoms with van der Waals surface area (Å²) in [5, 5.41) is 66.0. The zero-order valence-electron chi connectivity index (χ0n) is 41.4. The Balaban J connectivity index is 2.38. The molecule has 1 heterocycles. The molecule has 1 aliphatic heterocycles. The van der Waals surface area contributed by atoms with Crippen molar-refractivity contribution in [3.63, 3.8) is 0 Å². The summed E-state index contributed by atoms with van der Waals surface area (Å²) in [6, 6.07) is -0.814. The van der Waals surface area contributed by atoms with Crippen molar-refractivity contribution in [2.75, 3.05) is 13.2 Å². The molecule has 64 heavy (non-hydrogen) atoms. The SMILES string of the molecule is CCCCCCCCCCCCCCCCCCCCCCCCCC(=O)NC(CC[C@@H]1OC(COCC(=O)O)[C@H](O)C(O)C1O)C(O)C(O)CCCCCCCCCCCCCC. The molecule has 1 amide bonds. The number of hydrogen-bond donors (Lipinski definition) is 7. The molecule has 6 unspecified atom stereocenters. The first kappa shape index (κ1) is 60.7. The number of carboxylic acids is 1. The second-order valence-corrected chi connectivity index (χ2v) is 19.6. The van der Waals surface area contributed by atoms with Crippen molar-refractivity contribution in [2.45, 2.75) is 313 Å². The van der Waals surface area contributed by atoms with Crippen LogP contribution in [-0.2, 0) is 19.1 Å². The fraction of sp³-hybridized carbons (Fsp3) is 0.962. The highest BCUT2D eigenvalue weighted by Gasteiger charge is 2.44. The van der Waals surface area contributed by atoms with Gasteiger partial charge in [-0.25, -0.2) is 4.79 Å². The van der Waals surface area contributed by atoms with Gasteiger partial charge in [-0.05, 0) is 25.7 Å². The van der Waals surface area contributed by atoms with Crippen LogP contribution in [0.1, 0.15) is 264 Å². The number of unbranched alkanes of at least 4 members (excludes halogenated alkanes) is 33. The van der Waals surface area contributed by atoms with Crippen LogP contribution in [0.5, 0.6) is 0 Å². The fourth-order valence-electron chi connectivity index (χ4n) is 9.32. The van der Waals surface area contributed by atoms with Gasteiger partial charge in [0.25, 0.3) is 0 Å². The topological polar surface area (TPSA) is 186 Å². The van der Waals surface area contributed by atoms with Crippen LogP contribution in [0.4, 0.5) is 0 Å². The van der Waals surface area contributed by atoms with Crippen LogP contribution in [0, 0.1) is 0 Å². The van der Waals surface area contributed by atoms with Crippen LogP contribution in [0.15, 0.2) is 0 Å². The maximum absolute atomic E-state index is 13.2. The second-order valence-electron chi connectivity index (χ2n) is 19.6. The zero-order valence-corrected chi connectivity index (χ0v) is 41.4. The maximum Gasteiger partial charge on any atom is 0.329 e. The van der Waals surface area contributed by atoms with Gasteiger partial charge in [-0.1, -0.05) is 232 Å². The Bertz CT molecular complexity index is 1050. The molecule has 1 aliphatic rings. The molecule has 11 nitrogen and oxygen atoms in total. The number of carbonyl (C=O) groups is 2. The van der Waals surface area contributed by atoms with E-state index in [9.17, 15) is 35.1 Å². The quantitative estimate of drug-likeness (QED) is 0.0290. The molecule has 380 valence electrons. The Labute approximate surface area is 392 Å². The average molecular weight is 914 g/mol. The van der Waals surface area contributed by atoms with E-state index in [4.69, 9.17) is 14.6 Å². The summed E-state index contributed by atoms with van der Waals surface area (Å²) in [5.74, 6) is -1.39. The molecule has 7 N–H and O–H groups in total. The van der Waals surface area contributed by atoms with E-state index in [1.54, 1.807) is 0 Å². The first-order valence-corrected chi connectivity index (χ1v) is 27.3. The molecular formula is C53H103NO10. The van der Waals surface area contributed by atoms with E-state index in [2.05, 4.69) is 19.2 Å².